The zero-order valence-corrected chi connectivity index (χ0v) is 9.91. The van der Waals surface area contributed by atoms with Crippen molar-refractivity contribution in [2.24, 2.45) is 0 Å². The Hall–Kier alpha value is -1.61. The molecule has 1 aromatic heterocycles. The quantitative estimate of drug-likeness (QED) is 0.792. The van der Waals surface area contributed by atoms with Gasteiger partial charge in [-0.25, -0.2) is 0 Å². The van der Waals surface area contributed by atoms with Gasteiger partial charge in [0, 0.05) is 12.2 Å². The van der Waals surface area contributed by atoms with Crippen molar-refractivity contribution in [2.75, 3.05) is 11.4 Å². The maximum Gasteiger partial charge on any atom is 0.268 e. The van der Waals surface area contributed by atoms with Gasteiger partial charge in [0.2, 0.25) is 0 Å². The van der Waals surface area contributed by atoms with Gasteiger partial charge in [0.25, 0.3) is 5.91 Å². The lowest BCUT2D eigenvalue weighted by molar-refractivity contribution is 0.0992. The molecule has 0 spiro atoms. The van der Waals surface area contributed by atoms with E-state index in [1.54, 1.807) is 4.90 Å². The molecule has 1 aromatic carbocycles. The maximum absolute atomic E-state index is 12.2. The van der Waals surface area contributed by atoms with Gasteiger partial charge in [-0.05, 0) is 30.5 Å². The second-order valence-electron chi connectivity index (χ2n) is 3.36. The molecular weight excluding hydrogens is 218 g/mol. The summed E-state index contributed by atoms with van der Waals surface area (Å²) in [6.07, 6.45) is 0. The van der Waals surface area contributed by atoms with Crippen molar-refractivity contribution in [2.45, 2.75) is 6.92 Å². The standard InChI is InChI=1S/C13H13NOS/c1-2-14(11-7-4-3-5-8-11)13(15)12-9-6-10-16-12/h3-10H,2H2,1H3. The van der Waals surface area contributed by atoms with Crippen LogP contribution in [0, 0.1) is 0 Å². The summed E-state index contributed by atoms with van der Waals surface area (Å²) in [7, 11) is 0. The SMILES string of the molecule is CCN(C(=O)c1cccs1)c1ccccc1. The molecule has 0 saturated heterocycles. The summed E-state index contributed by atoms with van der Waals surface area (Å²) in [6, 6.07) is 13.5. The number of para-hydroxylation sites is 1. The highest BCUT2D eigenvalue weighted by atomic mass is 32.1. The van der Waals surface area contributed by atoms with Crippen molar-refractivity contribution in [1.82, 2.24) is 0 Å². The van der Waals surface area contributed by atoms with Gasteiger partial charge in [-0.15, -0.1) is 11.3 Å². The van der Waals surface area contributed by atoms with Crippen LogP contribution in [0.4, 0.5) is 5.69 Å². The normalized spacial score (nSPS) is 10.1. The van der Waals surface area contributed by atoms with E-state index >= 15 is 0 Å². The monoisotopic (exact) mass is 231 g/mol. The summed E-state index contributed by atoms with van der Waals surface area (Å²) in [4.78, 5) is 14.7. The van der Waals surface area contributed by atoms with Crippen LogP contribution >= 0.6 is 11.3 Å². The van der Waals surface area contributed by atoms with Gasteiger partial charge in [0.1, 0.15) is 0 Å². The largest absolute Gasteiger partial charge is 0.308 e. The Kier molecular flexibility index (Phi) is 3.37. The predicted octanol–water partition coefficient (Wildman–Crippen LogP) is 3.41. The molecule has 0 aliphatic heterocycles. The van der Waals surface area contributed by atoms with Crippen molar-refractivity contribution in [3.8, 4) is 0 Å². The molecule has 2 nitrogen and oxygen atoms in total. The van der Waals surface area contributed by atoms with Crippen LogP contribution in [0.25, 0.3) is 0 Å². The fourth-order valence-corrected chi connectivity index (χ4v) is 2.26. The van der Waals surface area contributed by atoms with Gasteiger partial charge in [-0.3, -0.25) is 4.79 Å². The first-order chi connectivity index (χ1) is 7.83. The molecule has 0 atom stereocenters. The lowest BCUT2D eigenvalue weighted by atomic mass is 10.2. The molecule has 2 aromatic rings. The lowest BCUT2D eigenvalue weighted by Gasteiger charge is -2.20. The van der Waals surface area contributed by atoms with Crippen LogP contribution in [-0.2, 0) is 0 Å². The topological polar surface area (TPSA) is 20.3 Å². The third-order valence-corrected chi connectivity index (χ3v) is 3.22. The summed E-state index contributed by atoms with van der Waals surface area (Å²) < 4.78 is 0. The van der Waals surface area contributed by atoms with Crippen molar-refractivity contribution in [3.05, 3.63) is 52.7 Å². The second kappa shape index (κ2) is 4.94. The number of hydrogen-bond donors (Lipinski definition) is 0. The summed E-state index contributed by atoms with van der Waals surface area (Å²) in [6.45, 7) is 2.67. The summed E-state index contributed by atoms with van der Waals surface area (Å²) in [5.74, 6) is 0.0729. The van der Waals surface area contributed by atoms with E-state index in [1.165, 1.54) is 11.3 Å². The molecule has 0 unspecified atom stereocenters. The highest BCUT2D eigenvalue weighted by Crippen LogP contribution is 2.18. The molecule has 16 heavy (non-hydrogen) atoms. The molecule has 82 valence electrons. The number of carbonyl (C=O) groups excluding carboxylic acids is 1. The molecule has 0 fully saturated rings. The van der Waals surface area contributed by atoms with Gasteiger partial charge in [-0.1, -0.05) is 24.3 Å². The number of carbonyl (C=O) groups is 1. The number of thiophene rings is 1. The van der Waals surface area contributed by atoms with E-state index in [1.807, 2.05) is 54.8 Å². The van der Waals surface area contributed by atoms with Gasteiger partial charge in [-0.2, -0.15) is 0 Å². The Balaban J connectivity index is 2.27. The smallest absolute Gasteiger partial charge is 0.268 e. The number of amides is 1. The van der Waals surface area contributed by atoms with Crippen molar-refractivity contribution < 1.29 is 4.79 Å². The number of rotatable bonds is 3. The van der Waals surface area contributed by atoms with E-state index in [2.05, 4.69) is 0 Å². The lowest BCUT2D eigenvalue weighted by Crippen LogP contribution is -2.29. The first kappa shape index (κ1) is 10.9. The summed E-state index contributed by atoms with van der Waals surface area (Å²) in [5, 5.41) is 1.92. The van der Waals surface area contributed by atoms with Gasteiger partial charge >= 0.3 is 0 Å². The van der Waals surface area contributed by atoms with Crippen LogP contribution in [0.5, 0.6) is 0 Å². The van der Waals surface area contributed by atoms with E-state index in [0.29, 0.717) is 6.54 Å². The van der Waals surface area contributed by atoms with E-state index < -0.39 is 0 Å². The predicted molar refractivity (Wildman–Crippen MR) is 68.1 cm³/mol. The minimum absolute atomic E-state index is 0.0729. The summed E-state index contributed by atoms with van der Waals surface area (Å²) in [5.41, 5.74) is 0.948. The number of hydrogen-bond acceptors (Lipinski definition) is 2. The Morgan fingerprint density at radius 1 is 1.19 bits per heavy atom. The molecule has 0 aliphatic rings. The Morgan fingerprint density at radius 3 is 2.50 bits per heavy atom. The van der Waals surface area contributed by atoms with Crippen LogP contribution in [0.15, 0.2) is 47.8 Å². The number of nitrogens with zero attached hydrogens (tertiary/aromatic N) is 1. The average molecular weight is 231 g/mol. The van der Waals surface area contributed by atoms with E-state index in [-0.39, 0.29) is 5.91 Å². The highest BCUT2D eigenvalue weighted by Gasteiger charge is 2.16. The van der Waals surface area contributed by atoms with Crippen LogP contribution < -0.4 is 4.90 Å². The van der Waals surface area contributed by atoms with Gasteiger partial charge in [0.15, 0.2) is 0 Å². The fourth-order valence-electron chi connectivity index (χ4n) is 1.58. The Labute approximate surface area is 99.1 Å². The highest BCUT2D eigenvalue weighted by molar-refractivity contribution is 7.12. The van der Waals surface area contributed by atoms with Crippen molar-refractivity contribution >= 4 is 22.9 Å². The second-order valence-corrected chi connectivity index (χ2v) is 4.31. The number of benzene rings is 1. The van der Waals surface area contributed by atoms with Gasteiger partial charge in [0.05, 0.1) is 4.88 Å². The third kappa shape index (κ3) is 2.14. The zero-order valence-electron chi connectivity index (χ0n) is 9.09. The third-order valence-electron chi connectivity index (χ3n) is 2.36. The van der Waals surface area contributed by atoms with Crippen LogP contribution in [-0.4, -0.2) is 12.5 Å². The van der Waals surface area contributed by atoms with Gasteiger partial charge < -0.3 is 4.90 Å². The molecule has 1 heterocycles. The zero-order chi connectivity index (χ0) is 11.4. The first-order valence-corrected chi connectivity index (χ1v) is 6.11. The fraction of sp³-hybridized carbons (Fsp3) is 0.154. The van der Waals surface area contributed by atoms with Crippen LogP contribution in [0.3, 0.4) is 0 Å². The van der Waals surface area contributed by atoms with E-state index in [4.69, 9.17) is 0 Å². The Bertz CT molecular complexity index is 450. The molecule has 0 saturated carbocycles. The van der Waals surface area contributed by atoms with Crippen molar-refractivity contribution in [1.29, 1.82) is 0 Å². The molecule has 0 bridgehead atoms. The molecular formula is C13H13NOS. The molecule has 1 amide bonds. The number of anilines is 1. The van der Waals surface area contributed by atoms with E-state index in [0.717, 1.165) is 10.6 Å². The molecule has 0 aliphatic carbocycles. The molecule has 2 rings (SSSR count). The molecule has 0 N–H and O–H groups in total. The first-order valence-electron chi connectivity index (χ1n) is 5.23. The molecule has 3 heteroatoms. The Morgan fingerprint density at radius 2 is 1.94 bits per heavy atom. The maximum atomic E-state index is 12.2. The van der Waals surface area contributed by atoms with Crippen LogP contribution in [0.1, 0.15) is 16.6 Å². The minimum atomic E-state index is 0.0729. The average Bonchev–Trinajstić information content (AvgIpc) is 2.85. The molecule has 0 radical (unpaired) electrons. The van der Waals surface area contributed by atoms with Crippen LogP contribution in [0.2, 0.25) is 0 Å². The minimum Gasteiger partial charge on any atom is -0.308 e. The van der Waals surface area contributed by atoms with E-state index in [9.17, 15) is 4.79 Å². The summed E-state index contributed by atoms with van der Waals surface area (Å²) >= 11 is 1.48. The van der Waals surface area contributed by atoms with Crippen molar-refractivity contribution in [3.63, 3.8) is 0 Å².